The minimum atomic E-state index is -0.417. The molecule has 0 aromatic heterocycles. The van der Waals surface area contributed by atoms with Crippen molar-refractivity contribution in [2.75, 3.05) is 39.5 Å². The molecule has 0 bridgehead atoms. The fourth-order valence-corrected chi connectivity index (χ4v) is 0.760. The molecule has 0 aromatic rings. The molecule has 0 spiro atoms. The van der Waals surface area contributed by atoms with Gasteiger partial charge in [0.05, 0.1) is 19.8 Å². The Morgan fingerprint density at radius 2 is 0.613 bits per heavy atom. The molecule has 10 heteroatoms. The van der Waals surface area contributed by atoms with Crippen molar-refractivity contribution in [2.24, 2.45) is 0 Å². The maximum absolute atomic E-state index is 9.53. The molecule has 0 saturated heterocycles. The van der Waals surface area contributed by atoms with Crippen LogP contribution in [0.2, 0.25) is 0 Å². The van der Waals surface area contributed by atoms with Gasteiger partial charge in [-0.1, -0.05) is 55.4 Å². The van der Waals surface area contributed by atoms with Gasteiger partial charge >= 0.3 is 21.7 Å². The molecule has 0 heterocycles. The average molecular weight is 494 g/mol. The number of nitrogens with zero attached hydrogens (tertiary/aromatic N) is 1. The molecule has 0 saturated carbocycles. The summed E-state index contributed by atoms with van der Waals surface area (Å²) >= 11 is 0. The predicted molar refractivity (Wildman–Crippen MR) is 116 cm³/mol. The zero-order valence-electron chi connectivity index (χ0n) is 21.5. The van der Waals surface area contributed by atoms with Gasteiger partial charge in [0.2, 0.25) is 0 Å². The zero-order chi connectivity index (χ0) is 25.7. The molecule has 9 nitrogen and oxygen atoms in total. The van der Waals surface area contributed by atoms with Crippen molar-refractivity contribution >= 4 is 0 Å². The van der Waals surface area contributed by atoms with Crippen LogP contribution in [0.5, 0.6) is 0 Å². The molecule has 0 atom stereocenters. The van der Waals surface area contributed by atoms with Crippen LogP contribution in [0.1, 0.15) is 69.2 Å². The van der Waals surface area contributed by atoms with Crippen LogP contribution in [0.15, 0.2) is 0 Å². The second kappa shape index (κ2) is 44.1. The summed E-state index contributed by atoms with van der Waals surface area (Å²) in [6.07, 6.45) is -1.83. The van der Waals surface area contributed by atoms with E-state index in [4.69, 9.17) is 20.4 Å². The molecule has 0 unspecified atom stereocenters. The van der Waals surface area contributed by atoms with Gasteiger partial charge in [-0.3, -0.25) is 4.90 Å². The Balaban J connectivity index is -0.0000000472. The smallest absolute Gasteiger partial charge is 0.852 e. The molecule has 0 aliphatic carbocycles. The van der Waals surface area contributed by atoms with Crippen molar-refractivity contribution < 1.29 is 62.6 Å². The summed E-state index contributed by atoms with van der Waals surface area (Å²) < 4.78 is 0. The SMILES string of the molecule is CC(C)O.CC(C)[O-].CC(C)[O-].CC(C)[O-].CC(C)[O-].OCCN(CCO)CCO.[Ti+4]. The molecule has 192 valence electrons. The number of hydrogen-bond donors (Lipinski definition) is 4. The molecule has 4 N–H and O–H groups in total. The van der Waals surface area contributed by atoms with E-state index in [1.165, 1.54) is 0 Å². The average Bonchev–Trinajstić information content (AvgIpc) is 2.45. The Kier molecular flexibility index (Phi) is 69.3. The number of aliphatic hydroxyl groups is 4. The maximum Gasteiger partial charge on any atom is 4.00 e. The summed E-state index contributed by atoms with van der Waals surface area (Å²) in [5, 5.41) is 71.6. The summed E-state index contributed by atoms with van der Waals surface area (Å²) in [5.74, 6) is 0. The van der Waals surface area contributed by atoms with E-state index in [1.807, 2.05) is 0 Å². The van der Waals surface area contributed by atoms with Crippen LogP contribution in [0.4, 0.5) is 0 Å². The van der Waals surface area contributed by atoms with Crippen LogP contribution in [0.3, 0.4) is 0 Å². The van der Waals surface area contributed by atoms with Gasteiger partial charge in [0, 0.05) is 25.7 Å². The zero-order valence-corrected chi connectivity index (χ0v) is 23.1. The Labute approximate surface area is 206 Å². The molecule has 31 heavy (non-hydrogen) atoms. The van der Waals surface area contributed by atoms with Gasteiger partial charge < -0.3 is 40.9 Å². The van der Waals surface area contributed by atoms with E-state index >= 15 is 0 Å². The largest absolute Gasteiger partial charge is 4.00 e. The molecular formula is C21H51NO8Ti. The summed E-state index contributed by atoms with van der Waals surface area (Å²) in [5.41, 5.74) is 0. The summed E-state index contributed by atoms with van der Waals surface area (Å²) in [4.78, 5) is 1.79. The van der Waals surface area contributed by atoms with E-state index in [1.54, 1.807) is 74.1 Å². The number of aliphatic hydroxyl groups excluding tert-OH is 4. The third kappa shape index (κ3) is 279. The van der Waals surface area contributed by atoms with E-state index < -0.39 is 24.4 Å². The molecular weight excluding hydrogens is 442 g/mol. The monoisotopic (exact) mass is 493 g/mol. The first-order chi connectivity index (χ1) is 13.5. The molecule has 0 aromatic carbocycles. The fourth-order valence-electron chi connectivity index (χ4n) is 0.760. The molecule has 0 rings (SSSR count). The van der Waals surface area contributed by atoms with Gasteiger partial charge in [0.1, 0.15) is 0 Å². The Morgan fingerprint density at radius 1 is 0.516 bits per heavy atom. The van der Waals surface area contributed by atoms with Crippen LogP contribution in [0, 0.1) is 0 Å². The first kappa shape index (κ1) is 48.7. The second-order valence-corrected chi connectivity index (χ2v) is 7.30. The van der Waals surface area contributed by atoms with Crippen molar-refractivity contribution in [1.82, 2.24) is 4.90 Å². The van der Waals surface area contributed by atoms with Gasteiger partial charge in [0.15, 0.2) is 0 Å². The van der Waals surface area contributed by atoms with Crippen molar-refractivity contribution in [2.45, 2.75) is 99.8 Å². The Bertz CT molecular complexity index is 185. The van der Waals surface area contributed by atoms with Crippen LogP contribution in [0.25, 0.3) is 0 Å². The van der Waals surface area contributed by atoms with Crippen molar-refractivity contribution in [3.05, 3.63) is 0 Å². The van der Waals surface area contributed by atoms with Crippen LogP contribution >= 0.6 is 0 Å². The van der Waals surface area contributed by atoms with Crippen molar-refractivity contribution in [3.63, 3.8) is 0 Å². The molecule has 0 radical (unpaired) electrons. The minimum absolute atomic E-state index is 0. The fraction of sp³-hybridized carbons (Fsp3) is 1.00. The van der Waals surface area contributed by atoms with Gasteiger partial charge in [-0.05, 0) is 13.8 Å². The first-order valence-electron chi connectivity index (χ1n) is 10.4. The van der Waals surface area contributed by atoms with Crippen molar-refractivity contribution in [3.8, 4) is 0 Å². The van der Waals surface area contributed by atoms with Crippen LogP contribution in [-0.2, 0) is 21.7 Å². The standard InChI is InChI=1S/C6H15NO3.C3H8O.4C3H7O.Ti/c8-4-1-7(2-5-9)3-6-10;5*1-3(2)4;/h8-10H,1-6H2;3-4H,1-2H3;4*3H,1-2H3;/q;;4*-1;+4. The van der Waals surface area contributed by atoms with E-state index in [9.17, 15) is 20.4 Å². The summed E-state index contributed by atoms with van der Waals surface area (Å²) in [6.45, 7) is 18.1. The topological polar surface area (TPSA) is 176 Å². The van der Waals surface area contributed by atoms with Gasteiger partial charge in [-0.2, -0.15) is 0 Å². The summed E-state index contributed by atoms with van der Waals surface area (Å²) in [6, 6.07) is 0. The normalized spacial score (nSPS) is 9.29. The number of hydrogen-bond acceptors (Lipinski definition) is 9. The first-order valence-corrected chi connectivity index (χ1v) is 10.4. The van der Waals surface area contributed by atoms with E-state index in [0.29, 0.717) is 19.6 Å². The van der Waals surface area contributed by atoms with E-state index in [-0.39, 0.29) is 47.6 Å². The van der Waals surface area contributed by atoms with Crippen LogP contribution < -0.4 is 20.4 Å². The molecule has 0 aliphatic heterocycles. The predicted octanol–water partition coefficient (Wildman–Crippen LogP) is -2.33. The Morgan fingerprint density at radius 3 is 0.677 bits per heavy atom. The quantitative estimate of drug-likeness (QED) is 0.296. The molecule has 0 amide bonds. The molecule has 0 fully saturated rings. The van der Waals surface area contributed by atoms with E-state index in [2.05, 4.69) is 0 Å². The Hall–Kier alpha value is 0.354. The van der Waals surface area contributed by atoms with Gasteiger partial charge in [-0.15, -0.1) is 24.4 Å². The van der Waals surface area contributed by atoms with Crippen LogP contribution in [-0.4, -0.2) is 95.3 Å². The second-order valence-electron chi connectivity index (χ2n) is 7.30. The third-order valence-corrected chi connectivity index (χ3v) is 1.25. The van der Waals surface area contributed by atoms with E-state index in [0.717, 1.165) is 0 Å². The maximum atomic E-state index is 9.53. The third-order valence-electron chi connectivity index (χ3n) is 1.25. The van der Waals surface area contributed by atoms with Crippen molar-refractivity contribution in [1.29, 1.82) is 0 Å². The van der Waals surface area contributed by atoms with Gasteiger partial charge in [0.25, 0.3) is 0 Å². The molecule has 0 aliphatic rings. The summed E-state index contributed by atoms with van der Waals surface area (Å²) in [7, 11) is 0. The minimum Gasteiger partial charge on any atom is -0.852 e. The van der Waals surface area contributed by atoms with Gasteiger partial charge in [-0.25, -0.2) is 0 Å². The number of rotatable bonds is 6.